The molecule has 0 spiro atoms. The lowest BCUT2D eigenvalue weighted by Gasteiger charge is -2.39. The topological polar surface area (TPSA) is 257 Å². The maximum Gasteiger partial charge on any atom is 0.407 e. The van der Waals surface area contributed by atoms with Gasteiger partial charge in [-0.15, -0.1) is 0 Å². The number of fused-ring (bicyclic) bond motifs is 11. The van der Waals surface area contributed by atoms with Crippen molar-refractivity contribution in [2.75, 3.05) is 19.8 Å². The number of carbonyl (C=O) groups is 8. The first-order chi connectivity index (χ1) is 49.4. The van der Waals surface area contributed by atoms with E-state index >= 15 is 0 Å². The number of benzene rings is 8. The summed E-state index contributed by atoms with van der Waals surface area (Å²) in [6.45, 7) is 17.6. The fraction of sp³-hybridized carbons (Fsp3) is 0.325. The van der Waals surface area contributed by atoms with Crippen LogP contribution in [0.5, 0.6) is 0 Å². The van der Waals surface area contributed by atoms with Crippen LogP contribution in [0.1, 0.15) is 115 Å². The average Bonchev–Trinajstić information content (AvgIpc) is 1.67. The van der Waals surface area contributed by atoms with E-state index in [1.165, 1.54) is 4.90 Å². The van der Waals surface area contributed by atoms with E-state index in [2.05, 4.69) is 64.5 Å². The Morgan fingerprint density at radius 3 is 0.932 bits per heavy atom. The standard InChI is InChI=1S/C33H38N2O5Si.C30H30N2O5.C20H21NO4/c1-21(2)30(31(36)35-19-23-13-7-6-12-22(23)18-29(35)32(37)40-41(3,4)5)34-33(38)39-20-28-26-16-10-8-14-24(26)25-15-9-11-17-27(25)28;1-18(2)27(28(33)32-16-20-10-4-3-9-19(20)15-26(32)29(34)35)31-30(36)37-17-25-23-13-7-5-11-21(23)22-12-6-8-14-24(22)25;1-12(2)18(19(22)23)21-20(24)25-11-17-15-9-5-3-7-13(15)14-8-4-6-10-16(14)17/h6-17,21,28-30H,18-20H2,1-5H3,(H,34,38);3-14,18,25-27H,15-17H2,1-2H3,(H,31,36)(H,34,35);3-10,12,17-18H,11H2,1-2H3,(H,21,24)(H,22,23)/t29-,30-;26-,27-;18-/m000/s1. The zero-order chi connectivity index (χ0) is 73.4. The third-order valence-corrected chi connectivity index (χ3v) is 20.5. The largest absolute Gasteiger partial charge is 0.518 e. The molecule has 103 heavy (non-hydrogen) atoms. The molecular formula is C83H89N5O14Si. The van der Waals surface area contributed by atoms with Gasteiger partial charge in [-0.05, 0) is 126 Å². The fourth-order valence-corrected chi connectivity index (χ4v) is 15.2. The normalized spacial score (nSPS) is 16.2. The fourth-order valence-electron chi connectivity index (χ4n) is 14.5. The maximum absolute atomic E-state index is 14.0. The lowest BCUT2D eigenvalue weighted by molar-refractivity contribution is -0.152. The summed E-state index contributed by atoms with van der Waals surface area (Å²) in [6, 6.07) is 59.4. The van der Waals surface area contributed by atoms with Crippen molar-refractivity contribution in [1.29, 1.82) is 0 Å². The van der Waals surface area contributed by atoms with Crippen LogP contribution in [-0.4, -0.2) is 126 Å². The van der Waals surface area contributed by atoms with E-state index in [9.17, 15) is 43.5 Å². The Morgan fingerprint density at radius 2 is 0.650 bits per heavy atom. The number of hydrogen-bond donors (Lipinski definition) is 5. The van der Waals surface area contributed by atoms with Crippen molar-refractivity contribution < 1.29 is 67.2 Å². The Bertz CT molecular complexity index is 4350. The first-order valence-corrected chi connectivity index (χ1v) is 38.6. The predicted octanol–water partition coefficient (Wildman–Crippen LogP) is 14.1. The molecule has 5 N–H and O–H groups in total. The second kappa shape index (κ2) is 32.0. The van der Waals surface area contributed by atoms with Gasteiger partial charge in [0.1, 0.15) is 50.0 Å². The smallest absolute Gasteiger partial charge is 0.407 e. The molecule has 8 aromatic carbocycles. The molecule has 2 aliphatic heterocycles. The van der Waals surface area contributed by atoms with Crippen LogP contribution in [0, 0.1) is 17.8 Å². The number of nitrogens with zero attached hydrogens (tertiary/aromatic N) is 2. The van der Waals surface area contributed by atoms with Crippen molar-refractivity contribution in [3.63, 3.8) is 0 Å². The highest BCUT2D eigenvalue weighted by Crippen LogP contribution is 2.47. The van der Waals surface area contributed by atoms with E-state index in [1.807, 2.05) is 193 Å². The Balaban J connectivity index is 0.000000159. The molecule has 19 nitrogen and oxygen atoms in total. The number of aliphatic carboxylic acids is 2. The zero-order valence-corrected chi connectivity index (χ0v) is 60.5. The quantitative estimate of drug-likeness (QED) is 0.0396. The molecule has 8 aromatic rings. The molecule has 534 valence electrons. The summed E-state index contributed by atoms with van der Waals surface area (Å²) < 4.78 is 22.6. The molecular weight excluding hydrogens is 1320 g/mol. The Labute approximate surface area is 602 Å². The third-order valence-electron chi connectivity index (χ3n) is 19.7. The molecule has 13 rings (SSSR count). The van der Waals surface area contributed by atoms with Gasteiger partial charge in [0.2, 0.25) is 20.1 Å². The van der Waals surface area contributed by atoms with Gasteiger partial charge >= 0.3 is 36.2 Å². The van der Waals surface area contributed by atoms with E-state index in [-0.39, 0.29) is 80.7 Å². The summed E-state index contributed by atoms with van der Waals surface area (Å²) in [4.78, 5) is 105. The van der Waals surface area contributed by atoms with Gasteiger partial charge in [0.05, 0.1) is 0 Å². The molecule has 0 unspecified atom stereocenters. The van der Waals surface area contributed by atoms with Gasteiger partial charge in [-0.3, -0.25) is 14.4 Å². The number of alkyl carbamates (subject to hydrolysis) is 3. The summed E-state index contributed by atoms with van der Waals surface area (Å²) in [7, 11) is -2.19. The van der Waals surface area contributed by atoms with Crippen molar-refractivity contribution in [1.82, 2.24) is 25.8 Å². The van der Waals surface area contributed by atoms with Crippen LogP contribution in [0.2, 0.25) is 19.6 Å². The molecule has 3 aliphatic carbocycles. The Morgan fingerprint density at radius 1 is 0.388 bits per heavy atom. The van der Waals surface area contributed by atoms with E-state index in [0.29, 0.717) is 6.42 Å². The van der Waals surface area contributed by atoms with Crippen molar-refractivity contribution in [2.45, 2.75) is 135 Å². The summed E-state index contributed by atoms with van der Waals surface area (Å²) in [5.74, 6) is -4.20. The van der Waals surface area contributed by atoms with Gasteiger partial charge in [-0.1, -0.05) is 236 Å². The van der Waals surface area contributed by atoms with Crippen LogP contribution in [0.4, 0.5) is 14.4 Å². The lowest BCUT2D eigenvalue weighted by Crippen LogP contribution is -2.58. The second-order valence-corrected chi connectivity index (χ2v) is 33.1. The minimum atomic E-state index is -2.19. The number of carboxylic acid groups (broad SMARTS) is 2. The highest BCUT2D eigenvalue weighted by Gasteiger charge is 2.43. The number of nitrogens with one attached hydrogen (secondary N) is 3. The van der Waals surface area contributed by atoms with E-state index < -0.39 is 80.6 Å². The van der Waals surface area contributed by atoms with Gasteiger partial charge in [-0.25, -0.2) is 24.0 Å². The van der Waals surface area contributed by atoms with Crippen LogP contribution in [0.25, 0.3) is 33.4 Å². The van der Waals surface area contributed by atoms with Gasteiger partial charge in [0, 0.05) is 43.7 Å². The first-order valence-electron chi connectivity index (χ1n) is 35.1. The number of ether oxygens (including phenoxy) is 3. The van der Waals surface area contributed by atoms with E-state index in [1.54, 1.807) is 18.7 Å². The summed E-state index contributed by atoms with van der Waals surface area (Å²) in [5.41, 5.74) is 17.4. The van der Waals surface area contributed by atoms with Crippen molar-refractivity contribution in [3.8, 4) is 33.4 Å². The molecule has 0 bridgehead atoms. The van der Waals surface area contributed by atoms with Crippen LogP contribution in [0.15, 0.2) is 194 Å². The minimum Gasteiger partial charge on any atom is -0.518 e. The Kier molecular flexibility index (Phi) is 22.8. The first kappa shape index (κ1) is 73.4. The highest BCUT2D eigenvalue weighted by molar-refractivity contribution is 6.71. The van der Waals surface area contributed by atoms with E-state index in [4.69, 9.17) is 23.7 Å². The van der Waals surface area contributed by atoms with Gasteiger partial charge in [0.25, 0.3) is 0 Å². The molecule has 0 fully saturated rings. The molecule has 5 atom stereocenters. The number of amides is 5. The SMILES string of the molecule is CC(C)[C@H](NC(=O)OCC1c2ccccc2-c2ccccc21)C(=O)N1Cc2ccccc2C[C@H]1C(=O)O.CC(C)[C@H](NC(=O)OCC1c2ccccc2-c2ccccc21)C(=O)N1Cc2ccccc2C[C@H]1C(=O)O[Si](C)(C)C.CC(C)[C@H](NC(=O)OCC1c2ccccc2-c2ccccc21)C(=O)O. The molecule has 0 radical (unpaired) electrons. The average molecular weight is 1410 g/mol. The lowest BCUT2D eigenvalue weighted by atomic mass is 9.92. The predicted molar refractivity (Wildman–Crippen MR) is 394 cm³/mol. The Hall–Kier alpha value is -10.9. The molecule has 0 saturated heterocycles. The van der Waals surface area contributed by atoms with Gasteiger partial charge < -0.3 is 54.6 Å². The molecule has 0 aromatic heterocycles. The summed E-state index contributed by atoms with van der Waals surface area (Å²) in [5, 5.41) is 27.0. The van der Waals surface area contributed by atoms with Crippen molar-refractivity contribution in [2.24, 2.45) is 17.8 Å². The second-order valence-electron chi connectivity index (χ2n) is 28.7. The monoisotopic (exact) mass is 1410 g/mol. The molecule has 2 heterocycles. The summed E-state index contributed by atoms with van der Waals surface area (Å²) in [6.07, 6.45) is -1.45. The van der Waals surface area contributed by atoms with Crippen molar-refractivity contribution in [3.05, 3.63) is 250 Å². The minimum absolute atomic E-state index is 0.0412. The van der Waals surface area contributed by atoms with Gasteiger partial charge in [0.15, 0.2) is 0 Å². The zero-order valence-electron chi connectivity index (χ0n) is 59.5. The maximum atomic E-state index is 14.0. The van der Waals surface area contributed by atoms with Gasteiger partial charge in [-0.2, -0.15) is 0 Å². The molecule has 5 amide bonds. The van der Waals surface area contributed by atoms with Crippen LogP contribution < -0.4 is 16.0 Å². The molecule has 0 saturated carbocycles. The van der Waals surface area contributed by atoms with Crippen LogP contribution >= 0.6 is 0 Å². The van der Waals surface area contributed by atoms with Crippen LogP contribution in [0.3, 0.4) is 0 Å². The highest BCUT2D eigenvalue weighted by atomic mass is 28.4. The van der Waals surface area contributed by atoms with E-state index in [0.717, 1.165) is 89.0 Å². The molecule has 20 heteroatoms. The number of hydrogen-bond acceptors (Lipinski definition) is 12. The number of rotatable bonds is 18. The van der Waals surface area contributed by atoms with Crippen LogP contribution in [-0.2, 0) is 68.5 Å². The number of carboxylic acids is 2. The van der Waals surface area contributed by atoms with Crippen molar-refractivity contribution >= 4 is 56.3 Å². The molecule has 5 aliphatic rings. The number of carbonyl (C=O) groups excluding carboxylic acids is 6. The summed E-state index contributed by atoms with van der Waals surface area (Å²) >= 11 is 0. The third kappa shape index (κ3) is 16.6.